The molecular weight excluding hydrogens is 193 g/mol. The van der Waals surface area contributed by atoms with E-state index in [4.69, 9.17) is 0 Å². The first-order valence-corrected chi connectivity index (χ1v) is 4.84. The lowest BCUT2D eigenvalue weighted by molar-refractivity contribution is 0.173. The average Bonchev–Trinajstić information content (AvgIpc) is 2.17. The average molecular weight is 207 g/mol. The molecule has 80 valence electrons. The normalized spacial score (nSPS) is 13.0. The predicted octanol–water partition coefficient (Wildman–Crippen LogP) is 2.68. The van der Waals surface area contributed by atoms with E-state index in [0.717, 1.165) is 5.56 Å². The number of rotatable bonds is 4. The molecule has 15 heavy (non-hydrogen) atoms. The van der Waals surface area contributed by atoms with Gasteiger partial charge in [-0.25, -0.2) is 9.18 Å². The summed E-state index contributed by atoms with van der Waals surface area (Å²) in [6.45, 7) is 2.84. The van der Waals surface area contributed by atoms with Gasteiger partial charge in [0.25, 0.3) is 0 Å². The molecule has 0 aliphatic heterocycles. The zero-order chi connectivity index (χ0) is 11.3. The van der Waals surface area contributed by atoms with Gasteiger partial charge in [-0.15, -0.1) is 0 Å². The molecule has 0 bridgehead atoms. The van der Waals surface area contributed by atoms with Gasteiger partial charge in [0.15, 0.2) is 0 Å². The maximum Gasteiger partial charge on any atom is 0.235 e. The third-order valence-corrected chi connectivity index (χ3v) is 2.27. The van der Waals surface area contributed by atoms with Gasteiger partial charge < -0.3 is 0 Å². The number of hydrogen-bond acceptors (Lipinski definition) is 2. The molecule has 1 unspecified atom stereocenters. The predicted molar refractivity (Wildman–Crippen MR) is 57.2 cm³/mol. The lowest BCUT2D eigenvalue weighted by Gasteiger charge is -2.21. The molecule has 0 saturated carbocycles. The Morgan fingerprint density at radius 3 is 2.47 bits per heavy atom. The first-order chi connectivity index (χ1) is 7.04. The molecule has 0 aliphatic carbocycles. The molecule has 0 saturated heterocycles. The van der Waals surface area contributed by atoms with E-state index >= 15 is 0 Å². The molecule has 1 aromatic rings. The van der Waals surface area contributed by atoms with Crippen LogP contribution in [0.25, 0.3) is 0 Å². The van der Waals surface area contributed by atoms with Crippen LogP contribution in [0.2, 0.25) is 0 Å². The van der Waals surface area contributed by atoms with Gasteiger partial charge in [0, 0.05) is 0 Å². The van der Waals surface area contributed by atoms with Crippen molar-refractivity contribution < 1.29 is 9.18 Å². The molecule has 2 nitrogen and oxygen atoms in total. The zero-order valence-corrected chi connectivity index (χ0v) is 8.90. The fourth-order valence-corrected chi connectivity index (χ4v) is 1.34. The molecule has 0 aromatic heterocycles. The van der Waals surface area contributed by atoms with E-state index in [9.17, 15) is 9.18 Å². The summed E-state index contributed by atoms with van der Waals surface area (Å²) in [5, 5.41) is 0. The fraction of sp³-hybridized carbons (Fsp3) is 0.417. The molecule has 1 atom stereocenters. The molecule has 0 heterocycles. The SMILES string of the molecule is CC(C)(F)C(Cc1ccccc1)N=C=O. The van der Waals surface area contributed by atoms with E-state index in [1.807, 2.05) is 30.3 Å². The second-order valence-corrected chi connectivity index (χ2v) is 3.99. The molecule has 0 amide bonds. The van der Waals surface area contributed by atoms with Crippen molar-refractivity contribution in [3.8, 4) is 0 Å². The zero-order valence-electron chi connectivity index (χ0n) is 8.90. The van der Waals surface area contributed by atoms with E-state index < -0.39 is 11.7 Å². The van der Waals surface area contributed by atoms with Crippen molar-refractivity contribution in [2.75, 3.05) is 0 Å². The van der Waals surface area contributed by atoms with Crippen LogP contribution in [0.5, 0.6) is 0 Å². The molecule has 1 rings (SSSR count). The number of nitrogens with zero attached hydrogens (tertiary/aromatic N) is 1. The van der Waals surface area contributed by atoms with Crippen LogP contribution in [0, 0.1) is 0 Å². The number of halogens is 1. The summed E-state index contributed by atoms with van der Waals surface area (Å²) >= 11 is 0. The molecule has 0 radical (unpaired) electrons. The van der Waals surface area contributed by atoms with Gasteiger partial charge in [0.05, 0.1) is 6.04 Å². The van der Waals surface area contributed by atoms with E-state index in [0.29, 0.717) is 6.42 Å². The summed E-state index contributed by atoms with van der Waals surface area (Å²) < 4.78 is 13.7. The molecule has 0 N–H and O–H groups in total. The molecule has 0 aliphatic rings. The van der Waals surface area contributed by atoms with Gasteiger partial charge >= 0.3 is 0 Å². The summed E-state index contributed by atoms with van der Waals surface area (Å²) in [6.07, 6.45) is 1.85. The van der Waals surface area contributed by atoms with Gasteiger partial charge in [-0.3, -0.25) is 0 Å². The number of aliphatic imine (C=N–C) groups is 1. The largest absolute Gasteiger partial charge is 0.242 e. The number of hydrogen-bond donors (Lipinski definition) is 0. The van der Waals surface area contributed by atoms with Crippen LogP contribution in [0.15, 0.2) is 35.3 Å². The summed E-state index contributed by atoms with van der Waals surface area (Å²) in [7, 11) is 0. The van der Waals surface area contributed by atoms with Crippen LogP contribution in [0.1, 0.15) is 19.4 Å². The number of isocyanates is 1. The van der Waals surface area contributed by atoms with E-state index in [1.165, 1.54) is 19.9 Å². The van der Waals surface area contributed by atoms with Crippen molar-refractivity contribution in [1.82, 2.24) is 0 Å². The second-order valence-electron chi connectivity index (χ2n) is 3.99. The minimum absolute atomic E-state index is 0.416. The Morgan fingerprint density at radius 1 is 1.40 bits per heavy atom. The minimum atomic E-state index is -1.51. The molecule has 0 spiro atoms. The number of carbonyl (C=O) groups excluding carboxylic acids is 1. The van der Waals surface area contributed by atoms with Crippen molar-refractivity contribution in [1.29, 1.82) is 0 Å². The topological polar surface area (TPSA) is 29.4 Å². The Bertz CT molecular complexity index is 350. The highest BCUT2D eigenvalue weighted by molar-refractivity contribution is 5.34. The summed E-state index contributed by atoms with van der Waals surface area (Å²) in [5.74, 6) is 0. The number of benzene rings is 1. The standard InChI is InChI=1S/C12H14FNO/c1-12(2,13)11(14-9-15)8-10-6-4-3-5-7-10/h3-7,11H,8H2,1-2H3. The van der Waals surface area contributed by atoms with Crippen molar-refractivity contribution >= 4 is 6.08 Å². The Morgan fingerprint density at radius 2 is 2.00 bits per heavy atom. The smallest absolute Gasteiger partial charge is 0.235 e. The van der Waals surface area contributed by atoms with Crippen LogP contribution in [-0.2, 0) is 11.2 Å². The first kappa shape index (κ1) is 11.6. The Balaban J connectivity index is 2.81. The second kappa shape index (κ2) is 4.85. The third kappa shape index (κ3) is 3.64. The first-order valence-electron chi connectivity index (χ1n) is 4.84. The van der Waals surface area contributed by atoms with Crippen LogP contribution in [0.4, 0.5) is 4.39 Å². The van der Waals surface area contributed by atoms with Crippen LogP contribution in [0.3, 0.4) is 0 Å². The molecule has 0 fully saturated rings. The quantitative estimate of drug-likeness (QED) is 0.551. The van der Waals surface area contributed by atoms with E-state index in [-0.39, 0.29) is 0 Å². The molecular formula is C12H14FNO. The lowest BCUT2D eigenvalue weighted by Crippen LogP contribution is -2.31. The minimum Gasteiger partial charge on any atom is -0.242 e. The van der Waals surface area contributed by atoms with Crippen molar-refractivity contribution in [3.05, 3.63) is 35.9 Å². The molecule has 1 aromatic carbocycles. The highest BCUT2D eigenvalue weighted by atomic mass is 19.1. The maximum absolute atomic E-state index is 13.7. The van der Waals surface area contributed by atoms with E-state index in [1.54, 1.807) is 0 Å². The van der Waals surface area contributed by atoms with Crippen molar-refractivity contribution in [2.24, 2.45) is 4.99 Å². The Hall–Kier alpha value is -1.47. The third-order valence-electron chi connectivity index (χ3n) is 2.27. The maximum atomic E-state index is 13.7. The fourth-order valence-electron chi connectivity index (χ4n) is 1.34. The van der Waals surface area contributed by atoms with Crippen molar-refractivity contribution in [2.45, 2.75) is 32.0 Å². The van der Waals surface area contributed by atoms with Gasteiger partial charge in [-0.05, 0) is 25.8 Å². The Labute approximate surface area is 88.8 Å². The van der Waals surface area contributed by atoms with Gasteiger partial charge in [0.1, 0.15) is 5.67 Å². The van der Waals surface area contributed by atoms with Crippen LogP contribution in [-0.4, -0.2) is 17.8 Å². The van der Waals surface area contributed by atoms with Crippen LogP contribution < -0.4 is 0 Å². The highest BCUT2D eigenvalue weighted by Gasteiger charge is 2.28. The van der Waals surface area contributed by atoms with Gasteiger partial charge in [-0.2, -0.15) is 4.99 Å². The summed E-state index contributed by atoms with van der Waals surface area (Å²) in [6, 6.07) is 8.75. The van der Waals surface area contributed by atoms with Crippen LogP contribution >= 0.6 is 0 Å². The monoisotopic (exact) mass is 207 g/mol. The van der Waals surface area contributed by atoms with Gasteiger partial charge in [0.2, 0.25) is 6.08 Å². The lowest BCUT2D eigenvalue weighted by atomic mass is 9.94. The number of alkyl halides is 1. The highest BCUT2D eigenvalue weighted by Crippen LogP contribution is 2.21. The van der Waals surface area contributed by atoms with E-state index in [2.05, 4.69) is 4.99 Å². The Kier molecular flexibility index (Phi) is 3.75. The van der Waals surface area contributed by atoms with Gasteiger partial charge in [-0.1, -0.05) is 30.3 Å². The van der Waals surface area contributed by atoms with Crippen molar-refractivity contribution in [3.63, 3.8) is 0 Å². The molecule has 3 heteroatoms. The summed E-state index contributed by atoms with van der Waals surface area (Å²) in [5.41, 5.74) is -0.542. The summed E-state index contributed by atoms with van der Waals surface area (Å²) in [4.78, 5) is 13.7.